The van der Waals surface area contributed by atoms with E-state index in [4.69, 9.17) is 11.5 Å². The molecule has 2 saturated heterocycles. The van der Waals surface area contributed by atoms with Crippen molar-refractivity contribution in [1.29, 1.82) is 0 Å². The Kier molecular flexibility index (Phi) is 23.9. The molecule has 396 valence electrons. The molecule has 71 heavy (non-hydrogen) atoms. The molecule has 3 rings (SSSR count). The number of rotatable bonds is 18. The summed E-state index contributed by atoms with van der Waals surface area (Å²) >= 11 is 0. The number of hydrogen-bond acceptors (Lipinski definition) is 13. The first-order chi connectivity index (χ1) is 33.4. The Bertz CT molecular complexity index is 2060. The van der Waals surface area contributed by atoms with E-state index in [9.17, 15) is 53.1 Å². The molecule has 2 aliphatic heterocycles. The third kappa shape index (κ3) is 18.8. The van der Waals surface area contributed by atoms with Gasteiger partial charge in [0.15, 0.2) is 0 Å². The van der Waals surface area contributed by atoms with Crippen LogP contribution in [0.15, 0.2) is 24.3 Å². The maximum atomic E-state index is 14.8. The van der Waals surface area contributed by atoms with Gasteiger partial charge >= 0.3 is 0 Å². The van der Waals surface area contributed by atoms with Crippen molar-refractivity contribution in [2.75, 3.05) is 18.8 Å². The van der Waals surface area contributed by atoms with Gasteiger partial charge in [-0.3, -0.25) is 47.9 Å². The van der Waals surface area contributed by atoms with Crippen molar-refractivity contribution < 1.29 is 53.1 Å². The Morgan fingerprint density at radius 3 is 2.00 bits per heavy atom. The predicted octanol–water partition coefficient (Wildman–Crippen LogP) is 0.794. The van der Waals surface area contributed by atoms with E-state index in [1.54, 1.807) is 32.9 Å². The van der Waals surface area contributed by atoms with Crippen LogP contribution in [0.4, 0.5) is 0 Å². The number of carbonyl (C=O) groups excluding carboxylic acids is 10. The minimum atomic E-state index is -1.63. The molecule has 0 radical (unpaired) electrons. The number of amides is 10. The number of carbonyl (C=O) groups is 10. The molecule has 0 unspecified atom stereocenters. The molecule has 0 aromatic heterocycles. The van der Waals surface area contributed by atoms with Crippen molar-refractivity contribution in [2.45, 2.75) is 167 Å². The summed E-state index contributed by atoms with van der Waals surface area (Å²) in [6.45, 7) is 14.3. The Morgan fingerprint density at radius 2 is 1.42 bits per heavy atom. The molecule has 0 bridgehead atoms. The summed E-state index contributed by atoms with van der Waals surface area (Å²) in [6, 6.07) is -2.65. The number of benzene rings is 1. The number of aromatic hydroxyl groups is 1. The maximum Gasteiger partial charge on any atom is 0.246 e. The van der Waals surface area contributed by atoms with Crippen LogP contribution in [0.5, 0.6) is 5.75 Å². The first kappa shape index (κ1) is 59.7. The van der Waals surface area contributed by atoms with E-state index in [2.05, 4.69) is 37.2 Å². The first-order valence-electron chi connectivity index (χ1n) is 24.5. The molecule has 2 fully saturated rings. The molecule has 0 saturated carbocycles. The van der Waals surface area contributed by atoms with Gasteiger partial charge in [-0.25, -0.2) is 0 Å². The number of phenols is 1. The zero-order valence-electron chi connectivity index (χ0n) is 42.2. The molecule has 0 spiro atoms. The Morgan fingerprint density at radius 1 is 0.803 bits per heavy atom. The molecule has 2 aliphatic rings. The number of nitrogens with zero attached hydrogens (tertiary/aromatic N) is 1. The van der Waals surface area contributed by atoms with Crippen molar-refractivity contribution in [3.8, 4) is 5.75 Å². The highest BCUT2D eigenvalue weighted by Crippen LogP contribution is 2.44. The minimum absolute atomic E-state index is 0.000642. The Balaban J connectivity index is 2.13. The Hall–Kier alpha value is -5.58. The molecule has 21 nitrogen and oxygen atoms in total. The Labute approximate surface area is 424 Å². The monoisotopic (exact) mass is 1030 g/mol. The highest BCUT2D eigenvalue weighted by atomic mass is 33.1. The van der Waals surface area contributed by atoms with Crippen molar-refractivity contribution in [1.82, 2.24) is 42.1 Å². The largest absolute Gasteiger partial charge is 0.508 e. The number of phenolic OH excluding ortho intramolecular Hbond substituents is 1. The molecule has 8 atom stereocenters. The van der Waals surface area contributed by atoms with Crippen LogP contribution in [-0.2, 0) is 54.4 Å². The molecule has 1 aromatic rings. The van der Waals surface area contributed by atoms with E-state index in [0.717, 1.165) is 0 Å². The smallest absolute Gasteiger partial charge is 0.246 e. The summed E-state index contributed by atoms with van der Waals surface area (Å²) in [5, 5.41) is 28.8. The second-order valence-corrected chi connectivity index (χ2v) is 22.2. The van der Waals surface area contributed by atoms with E-state index in [1.165, 1.54) is 38.6 Å². The van der Waals surface area contributed by atoms with Crippen LogP contribution in [0.3, 0.4) is 0 Å². The van der Waals surface area contributed by atoms with Gasteiger partial charge in [-0.15, -0.1) is 0 Å². The fraction of sp³-hybridized carbons (Fsp3) is 0.667. The number of primary amides is 2. The van der Waals surface area contributed by atoms with Crippen molar-refractivity contribution in [3.05, 3.63) is 29.8 Å². The number of likely N-dealkylation sites (tertiary alicyclic amines) is 1. The average Bonchev–Trinajstić information content (AvgIpc) is 3.80. The molecule has 0 aliphatic carbocycles. The van der Waals surface area contributed by atoms with Crippen LogP contribution in [-0.4, -0.2) is 135 Å². The van der Waals surface area contributed by atoms with Gasteiger partial charge in [0.2, 0.25) is 59.1 Å². The molecule has 2 heterocycles. The lowest BCUT2D eigenvalue weighted by Crippen LogP contribution is -2.61. The predicted molar refractivity (Wildman–Crippen MR) is 270 cm³/mol. The number of nitrogens with one attached hydrogen (secondary N) is 7. The fourth-order valence-electron chi connectivity index (χ4n) is 8.31. The van der Waals surface area contributed by atoms with E-state index >= 15 is 0 Å². The zero-order valence-corrected chi connectivity index (χ0v) is 43.9. The summed E-state index contributed by atoms with van der Waals surface area (Å²) in [6.07, 6.45) is 1.44. The zero-order chi connectivity index (χ0) is 53.2. The van der Waals surface area contributed by atoms with E-state index in [-0.39, 0.29) is 62.0 Å². The van der Waals surface area contributed by atoms with Crippen LogP contribution >= 0.6 is 21.6 Å². The summed E-state index contributed by atoms with van der Waals surface area (Å²) in [5.41, 5.74) is 11.5. The summed E-state index contributed by atoms with van der Waals surface area (Å²) in [7, 11) is 2.49. The molecular formula is C48H76N10O11S2. The van der Waals surface area contributed by atoms with Crippen LogP contribution in [0.2, 0.25) is 0 Å². The van der Waals surface area contributed by atoms with Gasteiger partial charge in [0.05, 0.1) is 13.0 Å². The highest BCUT2D eigenvalue weighted by Gasteiger charge is 2.42. The summed E-state index contributed by atoms with van der Waals surface area (Å²) in [5.74, 6) is -8.16. The van der Waals surface area contributed by atoms with Crippen molar-refractivity contribution >= 4 is 80.7 Å². The lowest BCUT2D eigenvalue weighted by Gasteiger charge is -2.33. The standard InChI is InChI=1S/C48H76N10O11S2/c1-9-28(8)40-46(68)55-32(20-27(6)7)42(64)53-34(22-37(49)60)43(65)56-35(47(69)58-18-12-13-36(58)45(67)54-31(19-26(4)5)41(63)51-24-38(50)61)25-70-71-48(10-2,11-3)23-39(62)52-33(44(66)57-40)21-29-14-16-30(59)17-15-29/h14-17,26-28,31-36,40,59H,9-13,18-25H2,1-8H3,(H2,49,60)(H2,50,61)(H,51,63)(H,52,62)(H,53,64)(H,54,67)(H,55,68)(H,56,65)(H,57,66)/t28-,31-,32-,33-,34-,35-,36-,40-/m0/s1. The highest BCUT2D eigenvalue weighted by molar-refractivity contribution is 8.77. The van der Waals surface area contributed by atoms with E-state index in [1.807, 2.05) is 34.6 Å². The molecule has 10 amide bonds. The van der Waals surface area contributed by atoms with Gasteiger partial charge in [0.1, 0.15) is 48.0 Å². The van der Waals surface area contributed by atoms with Gasteiger partial charge in [0, 0.05) is 29.9 Å². The number of hydrogen-bond donors (Lipinski definition) is 10. The van der Waals surface area contributed by atoms with Gasteiger partial charge < -0.3 is 58.7 Å². The van der Waals surface area contributed by atoms with Gasteiger partial charge in [0.25, 0.3) is 0 Å². The molecule has 12 N–H and O–H groups in total. The third-order valence-electron chi connectivity index (χ3n) is 12.7. The molecule has 23 heteroatoms. The maximum absolute atomic E-state index is 14.8. The van der Waals surface area contributed by atoms with Crippen LogP contribution < -0.4 is 48.7 Å². The van der Waals surface area contributed by atoms with Crippen molar-refractivity contribution in [3.63, 3.8) is 0 Å². The van der Waals surface area contributed by atoms with Crippen molar-refractivity contribution in [2.24, 2.45) is 29.2 Å². The fourth-order valence-corrected chi connectivity index (χ4v) is 11.7. The lowest BCUT2D eigenvalue weighted by atomic mass is 9.95. The number of nitrogens with two attached hydrogens (primary N) is 2. The van der Waals surface area contributed by atoms with E-state index < -0.39 is 125 Å². The van der Waals surface area contributed by atoms with Gasteiger partial charge in [-0.05, 0) is 74.0 Å². The minimum Gasteiger partial charge on any atom is -0.508 e. The summed E-state index contributed by atoms with van der Waals surface area (Å²) < 4.78 is -0.781. The quantitative estimate of drug-likeness (QED) is 0.0911. The van der Waals surface area contributed by atoms with Crippen LogP contribution in [0, 0.1) is 17.8 Å². The SMILES string of the molecule is CC[C@H](C)[C@@H]1NC(=O)[C@H](Cc2ccc(O)cc2)NC(=O)CC(CC)(CC)SSC[C@@H](C(=O)N2CCC[C@H]2C(=O)N[C@@H](CC(C)C)C(=O)NCC(N)=O)NC(=O)[C@H](CC(N)=O)NC(=O)[C@H](CC(C)C)NC1=O. The second kappa shape index (κ2) is 28.5. The second-order valence-electron chi connectivity index (χ2n) is 19.3. The topological polar surface area (TPSA) is 330 Å². The molecular weight excluding hydrogens is 957 g/mol. The van der Waals surface area contributed by atoms with Gasteiger partial charge in [-0.1, -0.05) is 95.5 Å². The van der Waals surface area contributed by atoms with Crippen LogP contribution in [0.25, 0.3) is 0 Å². The van der Waals surface area contributed by atoms with Gasteiger partial charge in [-0.2, -0.15) is 0 Å². The third-order valence-corrected chi connectivity index (χ3v) is 16.2. The van der Waals surface area contributed by atoms with E-state index in [0.29, 0.717) is 31.2 Å². The normalized spacial score (nSPS) is 23.8. The summed E-state index contributed by atoms with van der Waals surface area (Å²) in [4.78, 5) is 138. The average molecular weight is 1030 g/mol. The first-order valence-corrected chi connectivity index (χ1v) is 26.8. The molecule has 1 aromatic carbocycles. The lowest BCUT2D eigenvalue weighted by molar-refractivity contribution is -0.142. The van der Waals surface area contributed by atoms with Crippen LogP contribution in [0.1, 0.15) is 119 Å².